The van der Waals surface area contributed by atoms with Gasteiger partial charge in [-0.05, 0) is 49.4 Å². The summed E-state index contributed by atoms with van der Waals surface area (Å²) in [5.74, 6) is -0.872. The Hall–Kier alpha value is -2.59. The molecule has 11 heteroatoms. The Morgan fingerprint density at radius 3 is 2.73 bits per heavy atom. The van der Waals surface area contributed by atoms with Crippen molar-refractivity contribution in [3.8, 4) is 5.75 Å². The van der Waals surface area contributed by atoms with Gasteiger partial charge in [-0.15, -0.1) is 0 Å². The number of ether oxygens (including phenoxy) is 2. The molecule has 1 aromatic heterocycles. The summed E-state index contributed by atoms with van der Waals surface area (Å²) in [6, 6.07) is 4.83. The van der Waals surface area contributed by atoms with E-state index in [2.05, 4.69) is 20.6 Å². The zero-order valence-electron chi connectivity index (χ0n) is 16.1. The summed E-state index contributed by atoms with van der Waals surface area (Å²) in [5.41, 5.74) is -0.154. The number of aryl methyl sites for hydroxylation is 1. The molecule has 0 radical (unpaired) electrons. The van der Waals surface area contributed by atoms with Gasteiger partial charge in [0.15, 0.2) is 11.4 Å². The molecule has 1 aliphatic heterocycles. The van der Waals surface area contributed by atoms with Crippen LogP contribution in [0.4, 0.5) is 29.6 Å². The number of carbonyl (C=O) groups is 1. The molecule has 0 saturated carbocycles. The molecule has 3 rings (SSSR count). The van der Waals surface area contributed by atoms with Gasteiger partial charge in [-0.1, -0.05) is 11.6 Å². The lowest BCUT2D eigenvalue weighted by Crippen LogP contribution is -2.34. The maximum Gasteiger partial charge on any atom is 0.437 e. The number of rotatable bonds is 5. The van der Waals surface area contributed by atoms with E-state index in [1.54, 1.807) is 25.1 Å². The van der Waals surface area contributed by atoms with Crippen LogP contribution in [0.2, 0.25) is 5.02 Å². The van der Waals surface area contributed by atoms with Crippen molar-refractivity contribution in [1.82, 2.24) is 15.3 Å². The fraction of sp³-hybridized carbons (Fsp3) is 0.421. The maximum atomic E-state index is 13.5. The SMILES string of the molecule is Cc1cc(Nc2ncc(OC(=O)NCC3CCOCC3)c(C(F)(F)F)n2)ccc1Cl. The first-order valence-corrected chi connectivity index (χ1v) is 9.61. The maximum absolute atomic E-state index is 13.5. The number of aromatic nitrogens is 2. The predicted molar refractivity (Wildman–Crippen MR) is 104 cm³/mol. The summed E-state index contributed by atoms with van der Waals surface area (Å²) in [7, 11) is 0. The highest BCUT2D eigenvalue weighted by Crippen LogP contribution is 2.35. The Labute approximate surface area is 175 Å². The van der Waals surface area contributed by atoms with E-state index in [1.165, 1.54) is 0 Å². The number of nitrogens with zero attached hydrogens (tertiary/aromatic N) is 2. The van der Waals surface area contributed by atoms with Crippen LogP contribution >= 0.6 is 11.6 Å². The zero-order chi connectivity index (χ0) is 21.7. The van der Waals surface area contributed by atoms with Gasteiger partial charge in [-0.3, -0.25) is 0 Å². The normalized spacial score (nSPS) is 15.0. The van der Waals surface area contributed by atoms with Gasteiger partial charge in [0.25, 0.3) is 0 Å². The third-order valence-electron chi connectivity index (χ3n) is 4.52. The molecular formula is C19H20ClF3N4O3. The second-order valence-corrected chi connectivity index (χ2v) is 7.23. The zero-order valence-corrected chi connectivity index (χ0v) is 16.8. The summed E-state index contributed by atoms with van der Waals surface area (Å²) in [6.45, 7) is 3.23. The number of alkyl halides is 3. The summed E-state index contributed by atoms with van der Waals surface area (Å²) in [6.07, 6.45) is -3.49. The third kappa shape index (κ3) is 5.96. The van der Waals surface area contributed by atoms with Crippen LogP contribution in [-0.4, -0.2) is 35.8 Å². The van der Waals surface area contributed by atoms with Crippen molar-refractivity contribution in [2.45, 2.75) is 25.9 Å². The molecule has 2 heterocycles. The number of halogens is 4. The van der Waals surface area contributed by atoms with Gasteiger partial charge < -0.3 is 20.1 Å². The molecule has 0 spiro atoms. The smallest absolute Gasteiger partial charge is 0.406 e. The van der Waals surface area contributed by atoms with Crippen molar-refractivity contribution in [3.05, 3.63) is 40.7 Å². The second-order valence-electron chi connectivity index (χ2n) is 6.82. The third-order valence-corrected chi connectivity index (χ3v) is 4.94. The largest absolute Gasteiger partial charge is 0.437 e. The lowest BCUT2D eigenvalue weighted by molar-refractivity contribution is -0.142. The molecule has 0 atom stereocenters. The molecule has 0 unspecified atom stereocenters. The Balaban J connectivity index is 1.70. The average molecular weight is 445 g/mol. The Morgan fingerprint density at radius 1 is 1.33 bits per heavy atom. The molecule has 1 saturated heterocycles. The van der Waals surface area contributed by atoms with E-state index < -0.39 is 23.7 Å². The van der Waals surface area contributed by atoms with Crippen LogP contribution in [0.15, 0.2) is 24.4 Å². The lowest BCUT2D eigenvalue weighted by Gasteiger charge is -2.22. The first-order valence-electron chi connectivity index (χ1n) is 9.23. The van der Waals surface area contributed by atoms with Crippen molar-refractivity contribution >= 4 is 29.3 Å². The van der Waals surface area contributed by atoms with Gasteiger partial charge in [-0.25, -0.2) is 14.8 Å². The van der Waals surface area contributed by atoms with Gasteiger partial charge in [0.2, 0.25) is 5.95 Å². The minimum absolute atomic E-state index is 0.194. The quantitative estimate of drug-likeness (QED) is 0.694. The van der Waals surface area contributed by atoms with Crippen LogP contribution in [0.1, 0.15) is 24.1 Å². The number of hydrogen-bond donors (Lipinski definition) is 2. The van der Waals surface area contributed by atoms with Crippen LogP contribution in [0.25, 0.3) is 0 Å². The topological polar surface area (TPSA) is 85.4 Å². The van der Waals surface area contributed by atoms with Gasteiger partial charge in [-0.2, -0.15) is 13.2 Å². The average Bonchev–Trinajstić information content (AvgIpc) is 2.70. The lowest BCUT2D eigenvalue weighted by atomic mass is 10.0. The highest BCUT2D eigenvalue weighted by atomic mass is 35.5. The van der Waals surface area contributed by atoms with E-state index in [0.717, 1.165) is 24.6 Å². The van der Waals surface area contributed by atoms with Crippen molar-refractivity contribution < 1.29 is 27.4 Å². The number of nitrogens with one attached hydrogen (secondary N) is 2. The van der Waals surface area contributed by atoms with E-state index >= 15 is 0 Å². The summed E-state index contributed by atoms with van der Waals surface area (Å²) >= 11 is 5.94. The highest BCUT2D eigenvalue weighted by molar-refractivity contribution is 6.31. The molecule has 0 aliphatic carbocycles. The van der Waals surface area contributed by atoms with Crippen LogP contribution in [0, 0.1) is 12.8 Å². The number of carbonyl (C=O) groups excluding carboxylic acids is 1. The molecule has 1 amide bonds. The Bertz CT molecular complexity index is 905. The number of benzene rings is 1. The molecule has 2 N–H and O–H groups in total. The van der Waals surface area contributed by atoms with Crippen LogP contribution < -0.4 is 15.4 Å². The van der Waals surface area contributed by atoms with Gasteiger partial charge in [0.1, 0.15) is 0 Å². The summed E-state index contributed by atoms with van der Waals surface area (Å²) < 4.78 is 50.4. The number of hydrogen-bond acceptors (Lipinski definition) is 6. The van der Waals surface area contributed by atoms with Gasteiger partial charge in [0, 0.05) is 30.5 Å². The molecule has 2 aromatic rings. The second kappa shape index (κ2) is 9.48. The first-order chi connectivity index (χ1) is 14.2. The predicted octanol–water partition coefficient (Wildman–Crippen LogP) is 4.72. The molecule has 162 valence electrons. The Morgan fingerprint density at radius 2 is 2.07 bits per heavy atom. The fourth-order valence-electron chi connectivity index (χ4n) is 2.87. The monoisotopic (exact) mass is 444 g/mol. The van der Waals surface area contributed by atoms with Crippen LogP contribution in [0.5, 0.6) is 5.75 Å². The molecule has 0 bridgehead atoms. The minimum Gasteiger partial charge on any atom is -0.406 e. The van der Waals surface area contributed by atoms with Crippen molar-refractivity contribution in [2.24, 2.45) is 5.92 Å². The number of anilines is 2. The number of amides is 1. The molecular weight excluding hydrogens is 425 g/mol. The van der Waals surface area contributed by atoms with Crippen molar-refractivity contribution in [3.63, 3.8) is 0 Å². The first kappa shape index (κ1) is 22.1. The van der Waals surface area contributed by atoms with Gasteiger partial charge >= 0.3 is 12.3 Å². The van der Waals surface area contributed by atoms with E-state index in [0.29, 0.717) is 30.5 Å². The molecule has 1 aromatic carbocycles. The van der Waals surface area contributed by atoms with E-state index in [4.69, 9.17) is 21.1 Å². The molecule has 7 nitrogen and oxygen atoms in total. The van der Waals surface area contributed by atoms with E-state index in [9.17, 15) is 18.0 Å². The van der Waals surface area contributed by atoms with E-state index in [1.807, 2.05) is 0 Å². The molecule has 30 heavy (non-hydrogen) atoms. The standard InChI is InChI=1S/C19H20ClF3N4O3/c1-11-8-13(2-3-14(11)20)26-17-24-10-15(16(27-17)19(21,22)23)30-18(28)25-9-12-4-6-29-7-5-12/h2-3,8,10,12H,4-7,9H2,1H3,(H,25,28)(H,24,26,27). The Kier molecular flexibility index (Phi) is 6.99. The highest BCUT2D eigenvalue weighted by Gasteiger charge is 2.38. The molecule has 1 fully saturated rings. The fourth-order valence-corrected chi connectivity index (χ4v) is 2.99. The van der Waals surface area contributed by atoms with Crippen LogP contribution in [0.3, 0.4) is 0 Å². The van der Waals surface area contributed by atoms with Gasteiger partial charge in [0.05, 0.1) is 6.20 Å². The van der Waals surface area contributed by atoms with Crippen molar-refractivity contribution in [2.75, 3.05) is 25.1 Å². The summed E-state index contributed by atoms with van der Waals surface area (Å²) in [4.78, 5) is 19.3. The van der Waals surface area contributed by atoms with Crippen LogP contribution in [-0.2, 0) is 10.9 Å². The summed E-state index contributed by atoms with van der Waals surface area (Å²) in [5, 5.41) is 5.68. The molecule has 1 aliphatic rings. The van der Waals surface area contributed by atoms with E-state index in [-0.39, 0.29) is 11.9 Å². The minimum atomic E-state index is -4.84. The van der Waals surface area contributed by atoms with Crippen molar-refractivity contribution in [1.29, 1.82) is 0 Å².